The number of hydrogen-bond donors (Lipinski definition) is 1. The molecule has 0 aliphatic carbocycles. The number of rotatable bonds is 3. The van der Waals surface area contributed by atoms with Crippen molar-refractivity contribution in [2.45, 2.75) is 20.4 Å². The maximum atomic E-state index is 9.90. The van der Waals surface area contributed by atoms with Gasteiger partial charge in [0.25, 0.3) is 0 Å². The third-order valence-electron chi connectivity index (χ3n) is 2.90. The van der Waals surface area contributed by atoms with Gasteiger partial charge in [0.1, 0.15) is 11.5 Å². The van der Waals surface area contributed by atoms with Crippen LogP contribution in [0.4, 0.5) is 0 Å². The van der Waals surface area contributed by atoms with Gasteiger partial charge in [-0.15, -0.1) is 0 Å². The van der Waals surface area contributed by atoms with Gasteiger partial charge in [0.2, 0.25) is 0 Å². The van der Waals surface area contributed by atoms with Crippen molar-refractivity contribution in [3.63, 3.8) is 0 Å². The molecule has 0 aliphatic rings. The topological polar surface area (TPSA) is 47.3 Å². The molecule has 0 atom stereocenters. The minimum atomic E-state index is 0.240. The summed E-state index contributed by atoms with van der Waals surface area (Å²) in [5.74, 6) is 0.964. The fraction of sp³-hybridized carbons (Fsp3) is 0.308. The lowest BCUT2D eigenvalue weighted by Gasteiger charge is -2.07. The summed E-state index contributed by atoms with van der Waals surface area (Å²) in [6.07, 6.45) is 1.77. The molecule has 4 heteroatoms. The van der Waals surface area contributed by atoms with Crippen LogP contribution in [-0.4, -0.2) is 22.0 Å². The van der Waals surface area contributed by atoms with Crippen LogP contribution < -0.4 is 4.74 Å². The normalized spacial score (nSPS) is 10.5. The van der Waals surface area contributed by atoms with Crippen molar-refractivity contribution in [3.8, 4) is 22.6 Å². The molecule has 1 N–H and O–H groups in total. The zero-order valence-electron chi connectivity index (χ0n) is 10.3. The molecule has 17 heavy (non-hydrogen) atoms. The average Bonchev–Trinajstić information content (AvgIpc) is 2.71. The largest absolute Gasteiger partial charge is 0.507 e. The third-order valence-corrected chi connectivity index (χ3v) is 2.90. The number of hydrogen-bond acceptors (Lipinski definition) is 3. The van der Waals surface area contributed by atoms with E-state index in [1.54, 1.807) is 25.4 Å². The molecule has 90 valence electrons. The number of aromatic nitrogens is 2. The SMILES string of the molecule is CCn1ncc(-c2cc(OC)ccc2O)c1C. The second-order valence-electron chi connectivity index (χ2n) is 3.84. The van der Waals surface area contributed by atoms with Gasteiger partial charge < -0.3 is 9.84 Å². The van der Waals surface area contributed by atoms with E-state index >= 15 is 0 Å². The van der Waals surface area contributed by atoms with E-state index in [2.05, 4.69) is 5.10 Å². The number of benzene rings is 1. The molecule has 2 aromatic rings. The van der Waals surface area contributed by atoms with Gasteiger partial charge in [-0.2, -0.15) is 5.10 Å². The molecule has 0 bridgehead atoms. The predicted molar refractivity (Wildman–Crippen MR) is 66.3 cm³/mol. The quantitative estimate of drug-likeness (QED) is 0.884. The van der Waals surface area contributed by atoms with Gasteiger partial charge in [0, 0.05) is 23.4 Å². The highest BCUT2D eigenvalue weighted by Gasteiger charge is 2.12. The minimum Gasteiger partial charge on any atom is -0.507 e. The van der Waals surface area contributed by atoms with Crippen molar-refractivity contribution in [2.75, 3.05) is 7.11 Å². The van der Waals surface area contributed by atoms with Gasteiger partial charge >= 0.3 is 0 Å². The molecule has 0 saturated heterocycles. The van der Waals surface area contributed by atoms with Gasteiger partial charge in [-0.1, -0.05) is 0 Å². The first kappa shape index (κ1) is 11.5. The summed E-state index contributed by atoms with van der Waals surface area (Å²) in [5, 5.41) is 14.2. The second kappa shape index (κ2) is 4.49. The first-order chi connectivity index (χ1) is 8.17. The van der Waals surface area contributed by atoms with Gasteiger partial charge in [-0.3, -0.25) is 4.68 Å². The predicted octanol–water partition coefficient (Wildman–Crippen LogP) is 2.59. The van der Waals surface area contributed by atoms with Crippen molar-refractivity contribution in [3.05, 3.63) is 30.1 Å². The maximum Gasteiger partial charge on any atom is 0.123 e. The number of phenolic OH excluding ortho intramolecular Hbond substituents is 1. The smallest absolute Gasteiger partial charge is 0.123 e. The van der Waals surface area contributed by atoms with Gasteiger partial charge in [-0.05, 0) is 32.0 Å². The Bertz CT molecular complexity index is 532. The zero-order chi connectivity index (χ0) is 12.4. The Morgan fingerprint density at radius 2 is 2.12 bits per heavy atom. The first-order valence-corrected chi connectivity index (χ1v) is 5.57. The van der Waals surface area contributed by atoms with E-state index < -0.39 is 0 Å². The molecular weight excluding hydrogens is 216 g/mol. The minimum absolute atomic E-state index is 0.240. The summed E-state index contributed by atoms with van der Waals surface area (Å²) in [7, 11) is 1.61. The van der Waals surface area contributed by atoms with Gasteiger partial charge in [-0.25, -0.2) is 0 Å². The van der Waals surface area contributed by atoms with E-state index in [9.17, 15) is 5.11 Å². The van der Waals surface area contributed by atoms with Crippen LogP contribution in [0.2, 0.25) is 0 Å². The van der Waals surface area contributed by atoms with E-state index in [0.717, 1.165) is 29.1 Å². The summed E-state index contributed by atoms with van der Waals surface area (Å²) in [5.41, 5.74) is 2.72. The molecule has 0 fully saturated rings. The lowest BCUT2D eigenvalue weighted by atomic mass is 10.1. The maximum absolute atomic E-state index is 9.90. The van der Waals surface area contributed by atoms with Gasteiger partial charge in [0.05, 0.1) is 13.3 Å². The Kier molecular flexibility index (Phi) is 3.04. The van der Waals surface area contributed by atoms with E-state index in [0.29, 0.717) is 0 Å². The number of aromatic hydroxyl groups is 1. The highest BCUT2D eigenvalue weighted by molar-refractivity contribution is 5.72. The van der Waals surface area contributed by atoms with Crippen LogP contribution >= 0.6 is 0 Å². The summed E-state index contributed by atoms with van der Waals surface area (Å²) in [4.78, 5) is 0. The lowest BCUT2D eigenvalue weighted by Crippen LogP contribution is -1.98. The Balaban J connectivity index is 2.55. The molecule has 1 heterocycles. The molecule has 0 amide bonds. The summed E-state index contributed by atoms with van der Waals surface area (Å²) in [6, 6.07) is 5.19. The summed E-state index contributed by atoms with van der Waals surface area (Å²) >= 11 is 0. The third kappa shape index (κ3) is 1.98. The van der Waals surface area contributed by atoms with E-state index in [1.165, 1.54) is 0 Å². The molecule has 0 saturated carbocycles. The summed E-state index contributed by atoms with van der Waals surface area (Å²) in [6.45, 7) is 4.84. The monoisotopic (exact) mass is 232 g/mol. The number of nitrogens with zero attached hydrogens (tertiary/aromatic N) is 2. The van der Waals surface area contributed by atoms with E-state index in [4.69, 9.17) is 4.74 Å². The Morgan fingerprint density at radius 3 is 2.71 bits per heavy atom. The van der Waals surface area contributed by atoms with Crippen LogP contribution in [0, 0.1) is 6.92 Å². The molecule has 1 aromatic carbocycles. The number of phenols is 1. The molecular formula is C13H16N2O2. The van der Waals surface area contributed by atoms with Crippen molar-refractivity contribution >= 4 is 0 Å². The number of methoxy groups -OCH3 is 1. The molecule has 2 rings (SSSR count). The number of ether oxygens (including phenoxy) is 1. The van der Waals surface area contributed by atoms with Crippen LogP contribution in [0.25, 0.3) is 11.1 Å². The summed E-state index contributed by atoms with van der Waals surface area (Å²) < 4.78 is 7.06. The molecule has 1 aromatic heterocycles. The Morgan fingerprint density at radius 1 is 1.35 bits per heavy atom. The number of aryl methyl sites for hydroxylation is 1. The Hall–Kier alpha value is -1.97. The average molecular weight is 232 g/mol. The zero-order valence-corrected chi connectivity index (χ0v) is 10.3. The second-order valence-corrected chi connectivity index (χ2v) is 3.84. The van der Waals surface area contributed by atoms with Crippen molar-refractivity contribution in [1.29, 1.82) is 0 Å². The molecule has 4 nitrogen and oxygen atoms in total. The van der Waals surface area contributed by atoms with Crippen LogP contribution in [-0.2, 0) is 6.54 Å². The van der Waals surface area contributed by atoms with Crippen LogP contribution in [0.3, 0.4) is 0 Å². The molecule has 0 unspecified atom stereocenters. The Labute approximate surface area is 100 Å². The highest BCUT2D eigenvalue weighted by Crippen LogP contribution is 2.34. The molecule has 0 radical (unpaired) electrons. The molecule has 0 spiro atoms. The fourth-order valence-corrected chi connectivity index (χ4v) is 1.89. The highest BCUT2D eigenvalue weighted by atomic mass is 16.5. The van der Waals surface area contributed by atoms with Crippen LogP contribution in [0.5, 0.6) is 11.5 Å². The van der Waals surface area contributed by atoms with E-state index in [-0.39, 0.29) is 5.75 Å². The fourth-order valence-electron chi connectivity index (χ4n) is 1.89. The van der Waals surface area contributed by atoms with Crippen molar-refractivity contribution in [2.24, 2.45) is 0 Å². The standard InChI is InChI=1S/C13H16N2O2/c1-4-15-9(2)12(8-14-15)11-7-10(17-3)5-6-13(11)16/h5-8,16H,4H2,1-3H3. The van der Waals surface area contributed by atoms with Crippen molar-refractivity contribution in [1.82, 2.24) is 9.78 Å². The van der Waals surface area contributed by atoms with Crippen LogP contribution in [0.1, 0.15) is 12.6 Å². The van der Waals surface area contributed by atoms with Crippen LogP contribution in [0.15, 0.2) is 24.4 Å². The van der Waals surface area contributed by atoms with Gasteiger partial charge in [0.15, 0.2) is 0 Å². The first-order valence-electron chi connectivity index (χ1n) is 5.57. The van der Waals surface area contributed by atoms with Crippen molar-refractivity contribution < 1.29 is 9.84 Å². The molecule has 0 aliphatic heterocycles. The lowest BCUT2D eigenvalue weighted by molar-refractivity contribution is 0.412. The van der Waals surface area contributed by atoms with E-state index in [1.807, 2.05) is 24.6 Å².